The van der Waals surface area contributed by atoms with Crippen molar-refractivity contribution >= 4 is 5.84 Å². The molecule has 76 valence electrons. The Hall–Kier alpha value is -1.65. The van der Waals surface area contributed by atoms with Gasteiger partial charge in [0.1, 0.15) is 11.6 Å². The van der Waals surface area contributed by atoms with E-state index < -0.39 is 11.6 Å². The monoisotopic (exact) mass is 200 g/mol. The molecular weight excluding hydrogens is 190 g/mol. The van der Waals surface area contributed by atoms with E-state index in [1.807, 2.05) is 0 Å². The molecule has 1 aromatic rings. The van der Waals surface area contributed by atoms with E-state index >= 15 is 0 Å². The average molecular weight is 200 g/mol. The van der Waals surface area contributed by atoms with Gasteiger partial charge in [0.25, 0.3) is 0 Å². The predicted molar refractivity (Wildman–Crippen MR) is 48.5 cm³/mol. The van der Waals surface area contributed by atoms with E-state index in [9.17, 15) is 8.78 Å². The van der Waals surface area contributed by atoms with Crippen molar-refractivity contribution in [2.45, 2.75) is 6.92 Å². The molecule has 0 unspecified atom stereocenters. The number of hydrogen-bond acceptors (Lipinski definition) is 2. The van der Waals surface area contributed by atoms with Gasteiger partial charge >= 0.3 is 0 Å². The molecule has 14 heavy (non-hydrogen) atoms. The molecule has 1 aromatic carbocycles. The van der Waals surface area contributed by atoms with Crippen LogP contribution in [0.5, 0.6) is 5.75 Å². The van der Waals surface area contributed by atoms with Crippen LogP contribution < -0.4 is 10.5 Å². The third-order valence-electron chi connectivity index (χ3n) is 1.61. The first-order valence-electron chi connectivity index (χ1n) is 4.02. The number of amidine groups is 1. The first-order valence-corrected chi connectivity index (χ1v) is 4.02. The summed E-state index contributed by atoms with van der Waals surface area (Å²) in [5.41, 5.74) is 5.24. The Morgan fingerprint density at radius 3 is 2.50 bits per heavy atom. The highest BCUT2D eigenvalue weighted by atomic mass is 19.2. The molecule has 0 aliphatic carbocycles. The Morgan fingerprint density at radius 2 is 2.00 bits per heavy atom. The van der Waals surface area contributed by atoms with Gasteiger partial charge in [-0.25, -0.2) is 8.78 Å². The molecule has 0 aromatic heterocycles. The summed E-state index contributed by atoms with van der Waals surface area (Å²) in [6, 6.07) is 1.73. The highest BCUT2D eigenvalue weighted by molar-refractivity contribution is 5.97. The lowest BCUT2D eigenvalue weighted by atomic mass is 10.1. The zero-order valence-electron chi connectivity index (χ0n) is 7.60. The zero-order valence-corrected chi connectivity index (χ0v) is 7.60. The Balaban J connectivity index is 3.24. The van der Waals surface area contributed by atoms with E-state index in [4.69, 9.17) is 15.9 Å². The molecule has 0 aliphatic heterocycles. The molecule has 0 amide bonds. The molecule has 3 N–H and O–H groups in total. The second-order valence-corrected chi connectivity index (χ2v) is 2.61. The lowest BCUT2D eigenvalue weighted by molar-refractivity contribution is 0.335. The number of ether oxygens (including phenoxy) is 1. The maximum atomic E-state index is 12.8. The Labute approximate surface area is 80.0 Å². The molecule has 0 heterocycles. The van der Waals surface area contributed by atoms with Crippen molar-refractivity contribution in [1.29, 1.82) is 5.41 Å². The smallest absolute Gasteiger partial charge is 0.162 e. The average Bonchev–Trinajstić information content (AvgIpc) is 2.11. The highest BCUT2D eigenvalue weighted by Crippen LogP contribution is 2.21. The fourth-order valence-corrected chi connectivity index (χ4v) is 1.01. The lowest BCUT2D eigenvalue weighted by Crippen LogP contribution is -2.14. The molecule has 0 atom stereocenters. The highest BCUT2D eigenvalue weighted by Gasteiger charge is 2.12. The van der Waals surface area contributed by atoms with Crippen molar-refractivity contribution in [3.05, 3.63) is 29.3 Å². The van der Waals surface area contributed by atoms with Crippen LogP contribution in [-0.2, 0) is 0 Å². The number of nitrogen functional groups attached to an aromatic ring is 1. The number of benzene rings is 1. The van der Waals surface area contributed by atoms with E-state index in [2.05, 4.69) is 0 Å². The van der Waals surface area contributed by atoms with Gasteiger partial charge in [-0.2, -0.15) is 0 Å². The van der Waals surface area contributed by atoms with Crippen molar-refractivity contribution < 1.29 is 13.5 Å². The van der Waals surface area contributed by atoms with E-state index in [-0.39, 0.29) is 17.1 Å². The first kappa shape index (κ1) is 10.4. The summed E-state index contributed by atoms with van der Waals surface area (Å²) in [6.07, 6.45) is 0. The summed E-state index contributed by atoms with van der Waals surface area (Å²) >= 11 is 0. The third-order valence-corrected chi connectivity index (χ3v) is 1.61. The summed E-state index contributed by atoms with van der Waals surface area (Å²) in [4.78, 5) is 0. The standard InChI is InChI=1S/C9H10F2N2O/c1-2-14-8-4-7(11)6(10)3-5(8)9(12)13/h3-4H,2H2,1H3,(H3,12,13). The molecule has 0 fully saturated rings. The van der Waals surface area contributed by atoms with Crippen LogP contribution in [0, 0.1) is 17.0 Å². The van der Waals surface area contributed by atoms with Crippen LogP contribution >= 0.6 is 0 Å². The normalized spacial score (nSPS) is 9.93. The molecule has 1 rings (SSSR count). The summed E-state index contributed by atoms with van der Waals surface area (Å²) in [7, 11) is 0. The largest absolute Gasteiger partial charge is 0.493 e. The van der Waals surface area contributed by atoms with Gasteiger partial charge in [-0.05, 0) is 13.0 Å². The number of halogens is 2. The predicted octanol–water partition coefficient (Wildman–Crippen LogP) is 1.65. The van der Waals surface area contributed by atoms with Gasteiger partial charge in [-0.1, -0.05) is 0 Å². The summed E-state index contributed by atoms with van der Waals surface area (Å²) < 4.78 is 30.6. The molecular formula is C9H10F2N2O. The molecule has 0 radical (unpaired) electrons. The molecule has 0 bridgehead atoms. The van der Waals surface area contributed by atoms with Crippen molar-refractivity contribution in [2.24, 2.45) is 5.73 Å². The van der Waals surface area contributed by atoms with Gasteiger partial charge in [-0.15, -0.1) is 0 Å². The Bertz CT molecular complexity index is 366. The van der Waals surface area contributed by atoms with Crippen LogP contribution in [0.1, 0.15) is 12.5 Å². The van der Waals surface area contributed by atoms with E-state index in [1.54, 1.807) is 6.92 Å². The number of rotatable bonds is 3. The van der Waals surface area contributed by atoms with Crippen LogP contribution in [0.3, 0.4) is 0 Å². The number of nitrogens with one attached hydrogen (secondary N) is 1. The molecule has 0 aliphatic rings. The van der Waals surface area contributed by atoms with Crippen LogP contribution in [0.4, 0.5) is 8.78 Å². The number of nitrogens with two attached hydrogens (primary N) is 1. The topological polar surface area (TPSA) is 59.1 Å². The van der Waals surface area contributed by atoms with Gasteiger partial charge in [-0.3, -0.25) is 5.41 Å². The van der Waals surface area contributed by atoms with E-state index in [0.29, 0.717) is 6.61 Å². The van der Waals surface area contributed by atoms with E-state index in [1.165, 1.54) is 0 Å². The zero-order chi connectivity index (χ0) is 10.7. The SMILES string of the molecule is CCOc1cc(F)c(F)cc1C(=N)N. The third kappa shape index (κ3) is 1.99. The van der Waals surface area contributed by atoms with Crippen molar-refractivity contribution in [2.75, 3.05) is 6.61 Å². The summed E-state index contributed by atoms with van der Waals surface area (Å²) in [6.45, 7) is 2.00. The van der Waals surface area contributed by atoms with Gasteiger partial charge in [0.2, 0.25) is 0 Å². The summed E-state index contributed by atoms with van der Waals surface area (Å²) in [5, 5.41) is 7.13. The van der Waals surface area contributed by atoms with Gasteiger partial charge in [0, 0.05) is 6.07 Å². The fraction of sp³-hybridized carbons (Fsp3) is 0.222. The van der Waals surface area contributed by atoms with Crippen molar-refractivity contribution in [1.82, 2.24) is 0 Å². The van der Waals surface area contributed by atoms with Crippen LogP contribution in [0.25, 0.3) is 0 Å². The lowest BCUT2D eigenvalue weighted by Gasteiger charge is -2.09. The van der Waals surface area contributed by atoms with Crippen molar-refractivity contribution in [3.8, 4) is 5.75 Å². The fourth-order valence-electron chi connectivity index (χ4n) is 1.01. The minimum Gasteiger partial charge on any atom is -0.493 e. The Morgan fingerprint density at radius 1 is 1.43 bits per heavy atom. The molecule has 0 saturated heterocycles. The molecule has 0 saturated carbocycles. The van der Waals surface area contributed by atoms with Crippen LogP contribution in [0.15, 0.2) is 12.1 Å². The van der Waals surface area contributed by atoms with Gasteiger partial charge < -0.3 is 10.5 Å². The Kier molecular flexibility index (Phi) is 3.01. The minimum absolute atomic E-state index is 0.0609. The number of hydrogen-bond donors (Lipinski definition) is 2. The van der Waals surface area contributed by atoms with E-state index in [0.717, 1.165) is 12.1 Å². The second kappa shape index (κ2) is 4.04. The van der Waals surface area contributed by atoms with Gasteiger partial charge in [0.05, 0.1) is 12.2 Å². The molecule has 5 heteroatoms. The van der Waals surface area contributed by atoms with Crippen molar-refractivity contribution in [3.63, 3.8) is 0 Å². The quantitative estimate of drug-likeness (QED) is 0.575. The maximum absolute atomic E-state index is 12.8. The first-order chi connectivity index (χ1) is 6.56. The van der Waals surface area contributed by atoms with Crippen LogP contribution in [0.2, 0.25) is 0 Å². The summed E-state index contributed by atoms with van der Waals surface area (Å²) in [5.74, 6) is -2.33. The second-order valence-electron chi connectivity index (χ2n) is 2.61. The van der Waals surface area contributed by atoms with Crippen LogP contribution in [-0.4, -0.2) is 12.4 Å². The molecule has 0 spiro atoms. The molecule has 3 nitrogen and oxygen atoms in total. The minimum atomic E-state index is -1.04. The van der Waals surface area contributed by atoms with Gasteiger partial charge in [0.15, 0.2) is 11.6 Å². The maximum Gasteiger partial charge on any atom is 0.162 e.